The summed E-state index contributed by atoms with van der Waals surface area (Å²) in [4.78, 5) is 24.8. The molecule has 6 nitrogen and oxygen atoms in total. The van der Waals surface area contributed by atoms with Crippen LogP contribution in [0.4, 0.5) is 0 Å². The van der Waals surface area contributed by atoms with Crippen LogP contribution in [0, 0.1) is 0 Å². The number of nitrogens with one attached hydrogen (secondary N) is 1. The second-order valence-corrected chi connectivity index (χ2v) is 7.05. The standard InChI is InChI=1S/C20H16BrNO5/c1-11(13-9-17-18(10-15(13)21)26-7-6-25-17)22-19(23)14-8-12-4-2-3-5-16(12)27-20(14)24/h2-5,8-11H,6-7H2,1H3,(H,22,23). The molecule has 1 unspecified atom stereocenters. The molecule has 1 atom stereocenters. The Morgan fingerprint density at radius 3 is 2.59 bits per heavy atom. The molecule has 1 aliphatic heterocycles. The van der Waals surface area contributed by atoms with E-state index in [1.165, 1.54) is 0 Å². The van der Waals surface area contributed by atoms with Crippen LogP contribution in [0.5, 0.6) is 11.5 Å². The summed E-state index contributed by atoms with van der Waals surface area (Å²) in [6.45, 7) is 2.81. The summed E-state index contributed by atoms with van der Waals surface area (Å²) in [5, 5.41) is 3.53. The topological polar surface area (TPSA) is 77.8 Å². The Kier molecular flexibility index (Phi) is 4.61. The van der Waals surface area contributed by atoms with Crippen LogP contribution in [0.15, 0.2) is 56.1 Å². The van der Waals surface area contributed by atoms with Gasteiger partial charge in [0, 0.05) is 9.86 Å². The van der Waals surface area contributed by atoms with Gasteiger partial charge in [-0.2, -0.15) is 0 Å². The van der Waals surface area contributed by atoms with E-state index in [0.717, 1.165) is 10.0 Å². The minimum atomic E-state index is -0.667. The minimum Gasteiger partial charge on any atom is -0.486 e. The molecule has 27 heavy (non-hydrogen) atoms. The van der Waals surface area contributed by atoms with E-state index in [1.807, 2.05) is 25.1 Å². The first-order valence-electron chi connectivity index (χ1n) is 8.46. The number of halogens is 1. The lowest BCUT2D eigenvalue weighted by Crippen LogP contribution is -2.30. The second kappa shape index (κ2) is 7.08. The van der Waals surface area contributed by atoms with Gasteiger partial charge < -0.3 is 19.2 Å². The molecule has 138 valence electrons. The molecule has 1 N–H and O–H groups in total. The zero-order chi connectivity index (χ0) is 19.0. The molecule has 0 radical (unpaired) electrons. The molecular weight excluding hydrogens is 414 g/mol. The Morgan fingerprint density at radius 2 is 1.81 bits per heavy atom. The molecule has 2 heterocycles. The van der Waals surface area contributed by atoms with Crippen molar-refractivity contribution in [2.24, 2.45) is 0 Å². The molecule has 0 spiro atoms. The van der Waals surface area contributed by atoms with Crippen LogP contribution < -0.4 is 20.4 Å². The van der Waals surface area contributed by atoms with E-state index in [4.69, 9.17) is 13.9 Å². The summed E-state index contributed by atoms with van der Waals surface area (Å²) in [7, 11) is 0. The second-order valence-electron chi connectivity index (χ2n) is 6.20. The van der Waals surface area contributed by atoms with Crippen LogP contribution in [0.1, 0.15) is 28.9 Å². The van der Waals surface area contributed by atoms with Crippen LogP contribution in [0.2, 0.25) is 0 Å². The van der Waals surface area contributed by atoms with Crippen molar-refractivity contribution in [2.75, 3.05) is 13.2 Å². The third-order valence-electron chi connectivity index (χ3n) is 4.36. The van der Waals surface area contributed by atoms with Gasteiger partial charge in [0.05, 0.1) is 6.04 Å². The number of para-hydroxylation sites is 1. The van der Waals surface area contributed by atoms with E-state index in [9.17, 15) is 9.59 Å². The largest absolute Gasteiger partial charge is 0.486 e. The van der Waals surface area contributed by atoms with Crippen molar-refractivity contribution in [3.63, 3.8) is 0 Å². The summed E-state index contributed by atoms with van der Waals surface area (Å²) in [5.41, 5.74) is 0.563. The summed E-state index contributed by atoms with van der Waals surface area (Å²) in [6, 6.07) is 11.9. The molecule has 7 heteroatoms. The highest BCUT2D eigenvalue weighted by molar-refractivity contribution is 9.10. The maximum atomic E-state index is 12.7. The molecule has 2 aromatic carbocycles. The van der Waals surface area contributed by atoms with Crippen molar-refractivity contribution in [3.8, 4) is 11.5 Å². The highest BCUT2D eigenvalue weighted by Gasteiger charge is 2.21. The van der Waals surface area contributed by atoms with Gasteiger partial charge in [-0.05, 0) is 36.8 Å². The fourth-order valence-corrected chi connectivity index (χ4v) is 3.65. The Morgan fingerprint density at radius 1 is 1.11 bits per heavy atom. The number of amides is 1. The van der Waals surface area contributed by atoms with Gasteiger partial charge in [-0.15, -0.1) is 0 Å². The van der Waals surface area contributed by atoms with E-state index in [0.29, 0.717) is 35.7 Å². The highest BCUT2D eigenvalue weighted by atomic mass is 79.9. The van der Waals surface area contributed by atoms with Gasteiger partial charge in [0.15, 0.2) is 11.5 Å². The Bertz CT molecular complexity index is 1090. The smallest absolute Gasteiger partial charge is 0.349 e. The predicted octanol–water partition coefficient (Wildman–Crippen LogP) is 3.82. The summed E-state index contributed by atoms with van der Waals surface area (Å²) >= 11 is 3.50. The van der Waals surface area contributed by atoms with Crippen LogP contribution in [0.25, 0.3) is 11.0 Å². The highest BCUT2D eigenvalue weighted by Crippen LogP contribution is 2.37. The molecule has 3 aromatic rings. The van der Waals surface area contributed by atoms with Crippen molar-refractivity contribution in [2.45, 2.75) is 13.0 Å². The van der Waals surface area contributed by atoms with Crippen LogP contribution in [-0.4, -0.2) is 19.1 Å². The molecular formula is C20H16BrNO5. The fourth-order valence-electron chi connectivity index (χ4n) is 2.98. The van der Waals surface area contributed by atoms with Gasteiger partial charge in [-0.1, -0.05) is 34.1 Å². The molecule has 0 saturated carbocycles. The zero-order valence-corrected chi connectivity index (χ0v) is 16.0. The average molecular weight is 430 g/mol. The average Bonchev–Trinajstić information content (AvgIpc) is 2.66. The first-order valence-corrected chi connectivity index (χ1v) is 9.25. The molecule has 0 saturated heterocycles. The van der Waals surface area contributed by atoms with Gasteiger partial charge in [-0.25, -0.2) is 4.79 Å². The maximum absolute atomic E-state index is 12.7. The predicted molar refractivity (Wildman–Crippen MR) is 103 cm³/mol. The van der Waals surface area contributed by atoms with Gasteiger partial charge >= 0.3 is 5.63 Å². The Balaban J connectivity index is 1.61. The van der Waals surface area contributed by atoms with E-state index in [-0.39, 0.29) is 11.6 Å². The van der Waals surface area contributed by atoms with Gasteiger partial charge in [0.25, 0.3) is 5.91 Å². The minimum absolute atomic E-state index is 0.0331. The van der Waals surface area contributed by atoms with Crippen molar-refractivity contribution in [1.29, 1.82) is 0 Å². The number of rotatable bonds is 3. The van der Waals surface area contributed by atoms with Gasteiger partial charge in [0.2, 0.25) is 0 Å². The number of fused-ring (bicyclic) bond motifs is 2. The number of hydrogen-bond donors (Lipinski definition) is 1. The molecule has 0 bridgehead atoms. The number of benzene rings is 2. The summed E-state index contributed by atoms with van der Waals surface area (Å²) < 4.78 is 17.2. The SMILES string of the molecule is CC(NC(=O)c1cc2ccccc2oc1=O)c1cc2c(cc1Br)OCCO2. The molecule has 1 amide bonds. The number of ether oxygens (including phenoxy) is 2. The van der Waals surface area contributed by atoms with Crippen molar-refractivity contribution < 1.29 is 18.7 Å². The lowest BCUT2D eigenvalue weighted by Gasteiger charge is -2.22. The third-order valence-corrected chi connectivity index (χ3v) is 5.05. The van der Waals surface area contributed by atoms with Crippen molar-refractivity contribution in [1.82, 2.24) is 5.32 Å². The molecule has 1 aromatic heterocycles. The third kappa shape index (κ3) is 3.42. The Hall–Kier alpha value is -2.80. The quantitative estimate of drug-likeness (QED) is 0.640. The first kappa shape index (κ1) is 17.6. The summed E-state index contributed by atoms with van der Waals surface area (Å²) in [5.74, 6) is 0.792. The molecule has 4 rings (SSSR count). The molecule has 1 aliphatic rings. The van der Waals surface area contributed by atoms with E-state index in [2.05, 4.69) is 21.2 Å². The van der Waals surface area contributed by atoms with Crippen LogP contribution in [0.3, 0.4) is 0 Å². The zero-order valence-electron chi connectivity index (χ0n) is 14.5. The fraction of sp³-hybridized carbons (Fsp3) is 0.200. The lowest BCUT2D eigenvalue weighted by molar-refractivity contribution is 0.0936. The Labute approximate surface area is 163 Å². The molecule has 0 fully saturated rings. The summed E-state index contributed by atoms with van der Waals surface area (Å²) in [6.07, 6.45) is 0. The number of carbonyl (C=O) groups is 1. The van der Waals surface area contributed by atoms with Crippen molar-refractivity contribution in [3.05, 3.63) is 68.5 Å². The van der Waals surface area contributed by atoms with E-state index >= 15 is 0 Å². The van der Waals surface area contributed by atoms with Gasteiger partial charge in [0.1, 0.15) is 24.4 Å². The van der Waals surface area contributed by atoms with E-state index in [1.54, 1.807) is 24.3 Å². The molecule has 0 aliphatic carbocycles. The normalized spacial score (nSPS) is 14.0. The maximum Gasteiger partial charge on any atom is 0.349 e. The van der Waals surface area contributed by atoms with Gasteiger partial charge in [-0.3, -0.25) is 4.79 Å². The number of carbonyl (C=O) groups excluding carboxylic acids is 1. The van der Waals surface area contributed by atoms with Crippen LogP contribution >= 0.6 is 15.9 Å². The first-order chi connectivity index (χ1) is 13.0. The van der Waals surface area contributed by atoms with Crippen molar-refractivity contribution >= 4 is 32.8 Å². The monoisotopic (exact) mass is 429 g/mol. The van der Waals surface area contributed by atoms with Crippen LogP contribution in [-0.2, 0) is 0 Å². The number of hydrogen-bond acceptors (Lipinski definition) is 5. The lowest BCUT2D eigenvalue weighted by atomic mass is 10.1. The van der Waals surface area contributed by atoms with E-state index < -0.39 is 11.5 Å².